The van der Waals surface area contributed by atoms with E-state index in [0.717, 1.165) is 26.1 Å². The second-order valence-corrected chi connectivity index (χ2v) is 4.56. The molecule has 0 saturated carbocycles. The molecular weight excluding hydrogens is 266 g/mol. The Morgan fingerprint density at radius 3 is 2.81 bits per heavy atom. The number of rotatable bonds is 7. The lowest BCUT2D eigenvalue weighted by molar-refractivity contribution is 0.0951. The van der Waals surface area contributed by atoms with Crippen molar-refractivity contribution in [3.63, 3.8) is 0 Å². The van der Waals surface area contributed by atoms with E-state index < -0.39 is 0 Å². The van der Waals surface area contributed by atoms with Crippen LogP contribution >= 0.6 is 0 Å². The Labute approximate surface area is 126 Å². The number of hydrogen-bond acceptors (Lipinski definition) is 4. The highest BCUT2D eigenvalue weighted by atomic mass is 16.2. The molecule has 0 atom stereocenters. The zero-order valence-electron chi connectivity index (χ0n) is 12.7. The normalized spacial score (nSPS) is 10.1. The van der Waals surface area contributed by atoms with Crippen molar-refractivity contribution < 1.29 is 9.90 Å². The summed E-state index contributed by atoms with van der Waals surface area (Å²) in [5, 5.41) is 11.5. The number of nitrogens with zero attached hydrogens (tertiary/aromatic N) is 2. The van der Waals surface area contributed by atoms with Gasteiger partial charge in [-0.3, -0.25) is 9.78 Å². The number of hydrogen-bond donors (Lipinski definition) is 2. The van der Waals surface area contributed by atoms with Crippen molar-refractivity contribution in [2.45, 2.75) is 20.3 Å². The Hall–Kier alpha value is -1.90. The smallest absolute Gasteiger partial charge is 0.252 e. The minimum absolute atomic E-state index is 0.144. The van der Waals surface area contributed by atoms with Crippen LogP contribution in [0, 0.1) is 11.8 Å². The van der Waals surface area contributed by atoms with Gasteiger partial charge in [0.25, 0.3) is 5.91 Å². The van der Waals surface area contributed by atoms with Gasteiger partial charge in [-0.2, -0.15) is 0 Å². The first-order valence-electron chi connectivity index (χ1n) is 7.26. The fourth-order valence-electron chi connectivity index (χ4n) is 1.92. The molecule has 1 rings (SSSR count). The predicted octanol–water partition coefficient (Wildman–Crippen LogP) is 0.887. The Morgan fingerprint density at radius 2 is 2.14 bits per heavy atom. The van der Waals surface area contributed by atoms with Gasteiger partial charge in [0.2, 0.25) is 0 Å². The minimum atomic E-state index is -0.207. The third kappa shape index (κ3) is 6.39. The van der Waals surface area contributed by atoms with Crippen LogP contribution < -0.4 is 5.32 Å². The number of carbonyl (C=O) groups excluding carboxylic acids is 1. The van der Waals surface area contributed by atoms with Gasteiger partial charge in [0.05, 0.1) is 5.56 Å². The first-order valence-corrected chi connectivity index (χ1v) is 7.26. The van der Waals surface area contributed by atoms with Crippen molar-refractivity contribution in [1.29, 1.82) is 0 Å². The zero-order chi connectivity index (χ0) is 15.5. The summed E-state index contributed by atoms with van der Waals surface area (Å²) >= 11 is 0. The summed E-state index contributed by atoms with van der Waals surface area (Å²) < 4.78 is 0. The van der Waals surface area contributed by atoms with Crippen LogP contribution in [0.1, 0.15) is 36.2 Å². The minimum Gasteiger partial charge on any atom is -0.384 e. The molecule has 0 aliphatic rings. The third-order valence-electron chi connectivity index (χ3n) is 3.14. The van der Waals surface area contributed by atoms with Gasteiger partial charge in [-0.15, -0.1) is 0 Å². The molecule has 0 fully saturated rings. The molecule has 114 valence electrons. The number of pyridine rings is 1. The molecule has 1 aromatic heterocycles. The van der Waals surface area contributed by atoms with Crippen LogP contribution in [0.4, 0.5) is 0 Å². The van der Waals surface area contributed by atoms with Crippen molar-refractivity contribution in [3.8, 4) is 11.8 Å². The van der Waals surface area contributed by atoms with Crippen LogP contribution in [0.3, 0.4) is 0 Å². The summed E-state index contributed by atoms with van der Waals surface area (Å²) in [4.78, 5) is 18.3. The zero-order valence-corrected chi connectivity index (χ0v) is 12.7. The summed E-state index contributed by atoms with van der Waals surface area (Å²) in [6.07, 6.45) is 4.01. The number of nitrogens with one attached hydrogen (secondary N) is 1. The quantitative estimate of drug-likeness (QED) is 0.578. The first kappa shape index (κ1) is 17.2. The second kappa shape index (κ2) is 9.92. The summed E-state index contributed by atoms with van der Waals surface area (Å²) in [5.74, 6) is 5.13. The van der Waals surface area contributed by atoms with Gasteiger partial charge in [0, 0.05) is 24.5 Å². The van der Waals surface area contributed by atoms with E-state index in [1.807, 2.05) is 0 Å². The highest BCUT2D eigenvalue weighted by Crippen LogP contribution is 2.01. The van der Waals surface area contributed by atoms with Gasteiger partial charge in [-0.25, -0.2) is 0 Å². The largest absolute Gasteiger partial charge is 0.384 e. The summed E-state index contributed by atoms with van der Waals surface area (Å²) in [7, 11) is 0. The second-order valence-electron chi connectivity index (χ2n) is 4.56. The van der Waals surface area contributed by atoms with Crippen molar-refractivity contribution in [2.24, 2.45) is 0 Å². The van der Waals surface area contributed by atoms with Gasteiger partial charge < -0.3 is 15.3 Å². The lowest BCUT2D eigenvalue weighted by Gasteiger charge is -2.17. The highest BCUT2D eigenvalue weighted by molar-refractivity contribution is 5.94. The van der Waals surface area contributed by atoms with E-state index in [-0.39, 0.29) is 12.5 Å². The maximum absolute atomic E-state index is 12.0. The molecule has 0 aliphatic carbocycles. The van der Waals surface area contributed by atoms with E-state index in [2.05, 4.69) is 40.9 Å². The average Bonchev–Trinajstić information content (AvgIpc) is 2.53. The first-order chi connectivity index (χ1) is 10.2. The van der Waals surface area contributed by atoms with Crippen LogP contribution in [-0.2, 0) is 0 Å². The molecule has 0 spiro atoms. The summed E-state index contributed by atoms with van der Waals surface area (Å²) in [6.45, 7) is 7.73. The number of amides is 1. The lowest BCUT2D eigenvalue weighted by atomic mass is 10.2. The molecule has 0 aromatic carbocycles. The van der Waals surface area contributed by atoms with Crippen LogP contribution in [0.5, 0.6) is 0 Å². The predicted molar refractivity (Wildman–Crippen MR) is 82.9 cm³/mol. The van der Waals surface area contributed by atoms with Gasteiger partial charge in [-0.1, -0.05) is 25.7 Å². The van der Waals surface area contributed by atoms with Crippen molar-refractivity contribution in [1.82, 2.24) is 15.2 Å². The standard InChI is InChI=1S/C16H23N3O2/c1-3-19(4-2)9-6-8-18-16(21)15-11-14(7-5-10-20)12-17-13-15/h11-13,20H,3-4,6,8-10H2,1-2H3,(H,18,21). The van der Waals surface area contributed by atoms with Gasteiger partial charge in [-0.05, 0) is 32.1 Å². The lowest BCUT2D eigenvalue weighted by Crippen LogP contribution is -2.30. The molecule has 1 heterocycles. The fourth-order valence-corrected chi connectivity index (χ4v) is 1.92. The maximum atomic E-state index is 12.0. The fraction of sp³-hybridized carbons (Fsp3) is 0.500. The van der Waals surface area contributed by atoms with Crippen LogP contribution in [0.2, 0.25) is 0 Å². The number of aliphatic hydroxyl groups is 1. The van der Waals surface area contributed by atoms with E-state index in [0.29, 0.717) is 17.7 Å². The SMILES string of the molecule is CCN(CC)CCCNC(=O)c1cncc(C#CCO)c1. The molecule has 2 N–H and O–H groups in total. The van der Waals surface area contributed by atoms with Gasteiger partial charge >= 0.3 is 0 Å². The van der Waals surface area contributed by atoms with E-state index >= 15 is 0 Å². The summed E-state index contributed by atoms with van der Waals surface area (Å²) in [6, 6.07) is 1.68. The summed E-state index contributed by atoms with van der Waals surface area (Å²) in [5.41, 5.74) is 1.11. The maximum Gasteiger partial charge on any atom is 0.252 e. The van der Waals surface area contributed by atoms with Gasteiger partial charge in [0.15, 0.2) is 0 Å². The van der Waals surface area contributed by atoms with E-state index in [1.54, 1.807) is 12.3 Å². The highest BCUT2D eigenvalue weighted by Gasteiger charge is 2.06. The number of aromatic nitrogens is 1. The molecule has 0 aliphatic heterocycles. The Morgan fingerprint density at radius 1 is 1.38 bits per heavy atom. The van der Waals surface area contributed by atoms with Gasteiger partial charge in [0.1, 0.15) is 6.61 Å². The molecule has 1 amide bonds. The van der Waals surface area contributed by atoms with E-state index in [9.17, 15) is 4.79 Å². The number of aliphatic hydroxyl groups excluding tert-OH is 1. The molecule has 0 radical (unpaired) electrons. The third-order valence-corrected chi connectivity index (χ3v) is 3.14. The van der Waals surface area contributed by atoms with Crippen molar-refractivity contribution >= 4 is 5.91 Å². The van der Waals surface area contributed by atoms with Crippen LogP contribution in [0.25, 0.3) is 0 Å². The molecule has 0 saturated heterocycles. The Bertz CT molecular complexity index is 502. The topological polar surface area (TPSA) is 65.5 Å². The van der Waals surface area contributed by atoms with Crippen molar-refractivity contribution in [2.75, 3.05) is 32.8 Å². The molecule has 0 unspecified atom stereocenters. The Kier molecular flexibility index (Phi) is 8.10. The molecule has 21 heavy (non-hydrogen) atoms. The molecule has 5 heteroatoms. The van der Waals surface area contributed by atoms with Crippen LogP contribution in [0.15, 0.2) is 18.5 Å². The molecule has 5 nitrogen and oxygen atoms in total. The van der Waals surface area contributed by atoms with Crippen molar-refractivity contribution in [3.05, 3.63) is 29.6 Å². The van der Waals surface area contributed by atoms with E-state index in [1.165, 1.54) is 6.20 Å². The molecular formula is C16H23N3O2. The number of carbonyl (C=O) groups is 1. The van der Waals surface area contributed by atoms with Crippen LogP contribution in [-0.4, -0.2) is 53.7 Å². The Balaban J connectivity index is 2.45. The molecule has 0 bridgehead atoms. The average molecular weight is 289 g/mol. The monoisotopic (exact) mass is 289 g/mol. The van der Waals surface area contributed by atoms with E-state index in [4.69, 9.17) is 5.11 Å². The molecule has 1 aromatic rings.